The lowest BCUT2D eigenvalue weighted by molar-refractivity contribution is -0.143. The fourth-order valence-corrected chi connectivity index (χ4v) is 1.26. The molecule has 0 saturated heterocycles. The van der Waals surface area contributed by atoms with Gasteiger partial charge in [-0.25, -0.2) is 4.39 Å². The molecule has 0 spiro atoms. The van der Waals surface area contributed by atoms with Gasteiger partial charge in [-0.2, -0.15) is 8.78 Å². The molecule has 0 aliphatic heterocycles. The number of carbonyl (C=O) groups is 1. The molecule has 1 aromatic carbocycles. The fraction of sp³-hybridized carbons (Fsp3) is 0.125. The van der Waals surface area contributed by atoms with Gasteiger partial charge in [0.15, 0.2) is 0 Å². The Balaban J connectivity index is 3.38. The lowest BCUT2D eigenvalue weighted by Crippen LogP contribution is -2.33. The average molecular weight is 284 g/mol. The van der Waals surface area contributed by atoms with Crippen LogP contribution in [0.4, 0.5) is 13.2 Å². The van der Waals surface area contributed by atoms with Gasteiger partial charge in [-0.05, 0) is 22.0 Å². The molecule has 15 heavy (non-hydrogen) atoms. The Morgan fingerprint density at radius 1 is 1.47 bits per heavy atom. The Hall–Kier alpha value is -1.24. The Morgan fingerprint density at radius 2 is 2.00 bits per heavy atom. The number of phenols is 1. The summed E-state index contributed by atoms with van der Waals surface area (Å²) in [5.41, 5.74) is 3.41. The normalized spacial score (nSPS) is 11.5. The van der Waals surface area contributed by atoms with E-state index in [2.05, 4.69) is 21.7 Å². The molecule has 1 rings (SSSR count). The van der Waals surface area contributed by atoms with Crippen LogP contribution in [0.25, 0.3) is 0 Å². The SMILES string of the molecule is NC(=O)C(F)(F)c1cc(Br)c(F)cc1O. The van der Waals surface area contributed by atoms with Crippen LogP contribution in [0.3, 0.4) is 0 Å². The number of rotatable bonds is 2. The van der Waals surface area contributed by atoms with Gasteiger partial charge in [0.25, 0.3) is 5.91 Å². The lowest BCUT2D eigenvalue weighted by Gasteiger charge is -2.14. The Kier molecular flexibility index (Phi) is 2.94. The maximum absolute atomic E-state index is 13.1. The Morgan fingerprint density at radius 3 is 2.47 bits per heavy atom. The molecule has 0 heterocycles. The standard InChI is InChI=1S/C8H5BrF3NO2/c9-4-1-3(6(14)2-5(4)10)8(11,12)7(13)15/h1-2,14H,(H2,13,15). The first-order valence-corrected chi connectivity index (χ1v) is 4.42. The van der Waals surface area contributed by atoms with E-state index in [0.29, 0.717) is 12.1 Å². The Bertz CT molecular complexity index is 423. The van der Waals surface area contributed by atoms with Crippen LogP contribution in [0.1, 0.15) is 5.56 Å². The van der Waals surface area contributed by atoms with Crippen molar-refractivity contribution in [2.45, 2.75) is 5.92 Å². The molecule has 0 unspecified atom stereocenters. The predicted octanol–water partition coefficient (Wildman–Crippen LogP) is 1.87. The minimum absolute atomic E-state index is 0.295. The first-order chi connectivity index (χ1) is 6.76. The van der Waals surface area contributed by atoms with E-state index in [-0.39, 0.29) is 4.47 Å². The molecule has 0 fully saturated rings. The molecule has 82 valence electrons. The summed E-state index contributed by atoms with van der Waals surface area (Å²) in [6.07, 6.45) is 0. The number of amides is 1. The molecule has 0 aliphatic carbocycles. The number of hydrogen-bond donors (Lipinski definition) is 2. The van der Waals surface area contributed by atoms with E-state index in [1.807, 2.05) is 0 Å². The number of hydrogen-bond acceptors (Lipinski definition) is 2. The third-order valence-corrected chi connectivity index (χ3v) is 2.29. The zero-order valence-corrected chi connectivity index (χ0v) is 8.69. The van der Waals surface area contributed by atoms with E-state index in [1.54, 1.807) is 0 Å². The average Bonchev–Trinajstić information content (AvgIpc) is 2.10. The second kappa shape index (κ2) is 3.73. The number of phenolic OH excluding ortho intramolecular Hbond substituents is 1. The number of halogens is 4. The molecule has 0 saturated carbocycles. The molecule has 1 aromatic rings. The van der Waals surface area contributed by atoms with Crippen LogP contribution in [0.15, 0.2) is 16.6 Å². The third kappa shape index (κ3) is 2.06. The van der Waals surface area contributed by atoms with Gasteiger partial charge in [-0.15, -0.1) is 0 Å². The van der Waals surface area contributed by atoms with Crippen molar-refractivity contribution in [2.24, 2.45) is 5.73 Å². The predicted molar refractivity (Wildman–Crippen MR) is 48.9 cm³/mol. The van der Waals surface area contributed by atoms with Gasteiger partial charge in [0.2, 0.25) is 0 Å². The van der Waals surface area contributed by atoms with E-state index in [1.165, 1.54) is 0 Å². The van der Waals surface area contributed by atoms with Crippen molar-refractivity contribution in [3.8, 4) is 5.75 Å². The van der Waals surface area contributed by atoms with Gasteiger partial charge in [0.1, 0.15) is 11.6 Å². The minimum Gasteiger partial charge on any atom is -0.507 e. The van der Waals surface area contributed by atoms with Crippen LogP contribution in [-0.2, 0) is 10.7 Å². The number of primary amides is 1. The zero-order chi connectivity index (χ0) is 11.8. The highest BCUT2D eigenvalue weighted by Crippen LogP contribution is 2.37. The number of carbonyl (C=O) groups excluding carboxylic acids is 1. The van der Waals surface area contributed by atoms with Crippen LogP contribution in [-0.4, -0.2) is 11.0 Å². The topological polar surface area (TPSA) is 63.3 Å². The smallest absolute Gasteiger partial charge is 0.353 e. The number of benzene rings is 1. The monoisotopic (exact) mass is 283 g/mol. The van der Waals surface area contributed by atoms with Crippen LogP contribution in [0.2, 0.25) is 0 Å². The molecule has 0 aliphatic rings. The molecule has 0 atom stereocenters. The highest BCUT2D eigenvalue weighted by Gasteiger charge is 2.41. The molecule has 0 radical (unpaired) electrons. The van der Waals surface area contributed by atoms with Gasteiger partial charge >= 0.3 is 5.92 Å². The van der Waals surface area contributed by atoms with Gasteiger partial charge in [0.05, 0.1) is 10.0 Å². The number of alkyl halides is 2. The maximum atomic E-state index is 13.1. The zero-order valence-electron chi connectivity index (χ0n) is 7.10. The Labute approximate surface area is 90.8 Å². The summed E-state index contributed by atoms with van der Waals surface area (Å²) < 4.78 is 38.6. The van der Waals surface area contributed by atoms with Crippen molar-refractivity contribution in [2.75, 3.05) is 0 Å². The van der Waals surface area contributed by atoms with Crippen LogP contribution < -0.4 is 5.73 Å². The molecule has 3 N–H and O–H groups in total. The molecule has 3 nitrogen and oxygen atoms in total. The van der Waals surface area contributed by atoms with Crippen molar-refractivity contribution in [1.82, 2.24) is 0 Å². The number of nitrogens with two attached hydrogens (primary N) is 1. The van der Waals surface area contributed by atoms with Crippen LogP contribution in [0, 0.1) is 5.82 Å². The van der Waals surface area contributed by atoms with Crippen molar-refractivity contribution in [3.05, 3.63) is 28.0 Å². The largest absolute Gasteiger partial charge is 0.507 e. The first kappa shape index (κ1) is 11.8. The lowest BCUT2D eigenvalue weighted by atomic mass is 10.1. The quantitative estimate of drug-likeness (QED) is 0.870. The molecule has 7 heteroatoms. The van der Waals surface area contributed by atoms with E-state index in [9.17, 15) is 18.0 Å². The molecule has 1 amide bonds. The summed E-state index contributed by atoms with van der Waals surface area (Å²) in [6, 6.07) is 1.08. The minimum atomic E-state index is -4.04. The molecular weight excluding hydrogens is 279 g/mol. The fourth-order valence-electron chi connectivity index (χ4n) is 0.921. The summed E-state index contributed by atoms with van der Waals surface area (Å²) in [7, 11) is 0. The molecular formula is C8H5BrF3NO2. The van der Waals surface area contributed by atoms with E-state index in [0.717, 1.165) is 0 Å². The molecule has 0 aromatic heterocycles. The highest BCUT2D eigenvalue weighted by atomic mass is 79.9. The van der Waals surface area contributed by atoms with Crippen molar-refractivity contribution in [1.29, 1.82) is 0 Å². The van der Waals surface area contributed by atoms with E-state index < -0.39 is 29.0 Å². The van der Waals surface area contributed by atoms with Gasteiger partial charge in [-0.1, -0.05) is 0 Å². The van der Waals surface area contributed by atoms with Crippen molar-refractivity contribution < 1.29 is 23.1 Å². The van der Waals surface area contributed by atoms with E-state index >= 15 is 0 Å². The summed E-state index contributed by atoms with van der Waals surface area (Å²) in [5, 5.41) is 9.05. The van der Waals surface area contributed by atoms with Gasteiger partial charge in [-0.3, -0.25) is 4.79 Å². The van der Waals surface area contributed by atoms with Crippen LogP contribution >= 0.6 is 15.9 Å². The number of aromatic hydroxyl groups is 1. The summed E-state index contributed by atoms with van der Waals surface area (Å²) in [5.74, 6) is -7.91. The second-order valence-electron chi connectivity index (χ2n) is 2.72. The third-order valence-electron chi connectivity index (χ3n) is 1.69. The highest BCUT2D eigenvalue weighted by molar-refractivity contribution is 9.10. The van der Waals surface area contributed by atoms with Gasteiger partial charge in [0, 0.05) is 6.07 Å². The first-order valence-electron chi connectivity index (χ1n) is 3.63. The summed E-state index contributed by atoms with van der Waals surface area (Å²) in [6.45, 7) is 0. The maximum Gasteiger partial charge on any atom is 0.353 e. The molecule has 0 bridgehead atoms. The van der Waals surface area contributed by atoms with Crippen LogP contribution in [0.5, 0.6) is 5.75 Å². The van der Waals surface area contributed by atoms with E-state index in [4.69, 9.17) is 5.11 Å². The summed E-state index contributed by atoms with van der Waals surface area (Å²) in [4.78, 5) is 10.4. The van der Waals surface area contributed by atoms with Crippen molar-refractivity contribution in [3.63, 3.8) is 0 Å². The van der Waals surface area contributed by atoms with Gasteiger partial charge < -0.3 is 10.8 Å². The van der Waals surface area contributed by atoms with Crippen molar-refractivity contribution >= 4 is 21.8 Å². The summed E-state index contributed by atoms with van der Waals surface area (Å²) >= 11 is 2.65. The second-order valence-corrected chi connectivity index (χ2v) is 3.58.